The van der Waals surface area contributed by atoms with Gasteiger partial charge in [-0.15, -0.1) is 0 Å². The Bertz CT molecular complexity index is 635. The van der Waals surface area contributed by atoms with Crippen molar-refractivity contribution in [3.05, 3.63) is 40.9 Å². The Labute approximate surface area is 126 Å². The third-order valence-corrected chi connectivity index (χ3v) is 4.41. The molecule has 3 nitrogen and oxygen atoms in total. The lowest BCUT2D eigenvalue weighted by atomic mass is 9.99. The van der Waals surface area contributed by atoms with Gasteiger partial charge in [-0.1, -0.05) is 40.2 Å². The minimum absolute atomic E-state index is 0.0613. The number of hydrogen-bond donors (Lipinski definition) is 1. The summed E-state index contributed by atoms with van der Waals surface area (Å²) in [6.07, 6.45) is 1.61. The molecule has 0 unspecified atom stereocenters. The van der Waals surface area contributed by atoms with Crippen molar-refractivity contribution in [3.8, 4) is 0 Å². The van der Waals surface area contributed by atoms with Gasteiger partial charge in [0.15, 0.2) is 0 Å². The van der Waals surface area contributed by atoms with E-state index in [1.54, 1.807) is 0 Å². The highest BCUT2D eigenvalue weighted by molar-refractivity contribution is 9.10. The van der Waals surface area contributed by atoms with Crippen LogP contribution in [0.1, 0.15) is 12.8 Å². The zero-order valence-electron chi connectivity index (χ0n) is 11.1. The second-order valence-electron chi connectivity index (χ2n) is 5.02. The van der Waals surface area contributed by atoms with Gasteiger partial charge < -0.3 is 10.1 Å². The third-order valence-electron chi connectivity index (χ3n) is 3.72. The topological polar surface area (TPSA) is 38.3 Å². The highest BCUT2D eigenvalue weighted by Crippen LogP contribution is 2.30. The van der Waals surface area contributed by atoms with Gasteiger partial charge in [-0.25, -0.2) is 0 Å². The number of rotatable bonds is 2. The van der Waals surface area contributed by atoms with Crippen LogP contribution in [-0.2, 0) is 9.53 Å². The van der Waals surface area contributed by atoms with Gasteiger partial charge in [0.2, 0.25) is 5.91 Å². The number of amides is 1. The average Bonchev–Trinajstić information content (AvgIpc) is 2.51. The number of carbonyl (C=O) groups is 1. The molecule has 1 saturated heterocycles. The van der Waals surface area contributed by atoms with E-state index >= 15 is 0 Å². The average molecular weight is 334 g/mol. The monoisotopic (exact) mass is 333 g/mol. The van der Waals surface area contributed by atoms with E-state index in [4.69, 9.17) is 4.74 Å². The molecule has 4 heteroatoms. The molecule has 3 rings (SSSR count). The fourth-order valence-electron chi connectivity index (χ4n) is 2.57. The number of halogens is 1. The molecule has 104 valence electrons. The molecule has 0 aromatic heterocycles. The summed E-state index contributed by atoms with van der Waals surface area (Å²) in [6, 6.07) is 12.0. The Balaban J connectivity index is 1.87. The van der Waals surface area contributed by atoms with Crippen molar-refractivity contribution < 1.29 is 9.53 Å². The van der Waals surface area contributed by atoms with E-state index in [1.807, 2.05) is 36.4 Å². The van der Waals surface area contributed by atoms with Crippen molar-refractivity contribution in [3.63, 3.8) is 0 Å². The van der Waals surface area contributed by atoms with Crippen molar-refractivity contribution in [2.75, 3.05) is 18.5 Å². The normalized spacial score (nSPS) is 16.2. The van der Waals surface area contributed by atoms with Crippen LogP contribution in [0.25, 0.3) is 10.8 Å². The molecule has 2 aromatic carbocycles. The number of fused-ring (bicyclic) bond motifs is 1. The summed E-state index contributed by atoms with van der Waals surface area (Å²) in [5, 5.41) is 5.23. The molecule has 0 saturated carbocycles. The van der Waals surface area contributed by atoms with E-state index in [0.29, 0.717) is 13.2 Å². The lowest BCUT2D eigenvalue weighted by Crippen LogP contribution is -2.28. The van der Waals surface area contributed by atoms with E-state index in [1.165, 1.54) is 0 Å². The third kappa shape index (κ3) is 2.72. The van der Waals surface area contributed by atoms with Crippen molar-refractivity contribution >= 4 is 38.3 Å². The summed E-state index contributed by atoms with van der Waals surface area (Å²) >= 11 is 3.54. The van der Waals surface area contributed by atoms with Crippen molar-refractivity contribution in [1.82, 2.24) is 0 Å². The number of benzene rings is 2. The SMILES string of the molecule is O=C(Nc1ccc(Br)c2ccccc12)C1CCOCC1. The molecule has 20 heavy (non-hydrogen) atoms. The Morgan fingerprint density at radius 1 is 1.10 bits per heavy atom. The minimum atomic E-state index is 0.0613. The Morgan fingerprint density at radius 3 is 2.55 bits per heavy atom. The zero-order valence-corrected chi connectivity index (χ0v) is 12.7. The first-order chi connectivity index (χ1) is 9.75. The summed E-state index contributed by atoms with van der Waals surface area (Å²) in [5.74, 6) is 0.159. The standard InChI is InChI=1S/C16H16BrNO2/c17-14-5-6-15(13-4-2-1-3-12(13)14)18-16(19)11-7-9-20-10-8-11/h1-6,11H,7-10H2,(H,18,19). The second-order valence-corrected chi connectivity index (χ2v) is 5.87. The molecule has 0 atom stereocenters. The summed E-state index contributed by atoms with van der Waals surface area (Å²) in [5.41, 5.74) is 0.875. The van der Waals surface area contributed by atoms with Crippen LogP contribution < -0.4 is 5.32 Å². The largest absolute Gasteiger partial charge is 0.381 e. The summed E-state index contributed by atoms with van der Waals surface area (Å²) in [7, 11) is 0. The van der Waals surface area contributed by atoms with Gasteiger partial charge in [-0.3, -0.25) is 4.79 Å². The van der Waals surface area contributed by atoms with Crippen LogP contribution in [0.15, 0.2) is 40.9 Å². The van der Waals surface area contributed by atoms with Gasteiger partial charge in [0.25, 0.3) is 0 Å². The van der Waals surface area contributed by atoms with E-state index < -0.39 is 0 Å². The molecule has 1 heterocycles. The first kappa shape index (κ1) is 13.6. The molecule has 0 spiro atoms. The Kier molecular flexibility index (Phi) is 4.03. The van der Waals surface area contributed by atoms with Gasteiger partial charge in [-0.2, -0.15) is 0 Å². The van der Waals surface area contributed by atoms with E-state index in [2.05, 4.69) is 21.2 Å². The molecule has 0 radical (unpaired) electrons. The number of nitrogens with one attached hydrogen (secondary N) is 1. The molecule has 2 aromatic rings. The van der Waals surface area contributed by atoms with Crippen molar-refractivity contribution in [2.24, 2.45) is 5.92 Å². The van der Waals surface area contributed by atoms with Crippen LogP contribution in [0.2, 0.25) is 0 Å². The summed E-state index contributed by atoms with van der Waals surface area (Å²) in [4.78, 5) is 12.3. The van der Waals surface area contributed by atoms with Crippen LogP contribution in [0.4, 0.5) is 5.69 Å². The van der Waals surface area contributed by atoms with Crippen molar-refractivity contribution in [2.45, 2.75) is 12.8 Å². The number of ether oxygens (including phenoxy) is 1. The maximum Gasteiger partial charge on any atom is 0.227 e. The molecule has 1 aliphatic rings. The van der Waals surface area contributed by atoms with Gasteiger partial charge >= 0.3 is 0 Å². The van der Waals surface area contributed by atoms with Crippen LogP contribution in [0.3, 0.4) is 0 Å². The number of hydrogen-bond acceptors (Lipinski definition) is 2. The lowest BCUT2D eigenvalue weighted by molar-refractivity contribution is -0.122. The fourth-order valence-corrected chi connectivity index (χ4v) is 3.04. The Morgan fingerprint density at radius 2 is 1.80 bits per heavy atom. The van der Waals surface area contributed by atoms with Gasteiger partial charge in [0.1, 0.15) is 0 Å². The molecule has 0 aliphatic carbocycles. The molecule has 1 amide bonds. The molecular formula is C16H16BrNO2. The first-order valence-electron chi connectivity index (χ1n) is 6.81. The highest BCUT2D eigenvalue weighted by atomic mass is 79.9. The van der Waals surface area contributed by atoms with Gasteiger partial charge in [0.05, 0.1) is 0 Å². The number of carbonyl (C=O) groups excluding carboxylic acids is 1. The zero-order chi connectivity index (χ0) is 13.9. The van der Waals surface area contributed by atoms with Gasteiger partial charge in [-0.05, 0) is 30.4 Å². The molecule has 1 N–H and O–H groups in total. The van der Waals surface area contributed by atoms with Crippen molar-refractivity contribution in [1.29, 1.82) is 0 Å². The van der Waals surface area contributed by atoms with E-state index in [0.717, 1.165) is 33.8 Å². The Hall–Kier alpha value is -1.39. The first-order valence-corrected chi connectivity index (χ1v) is 7.61. The lowest BCUT2D eigenvalue weighted by Gasteiger charge is -2.21. The summed E-state index contributed by atoms with van der Waals surface area (Å²) < 4.78 is 6.34. The minimum Gasteiger partial charge on any atom is -0.381 e. The van der Waals surface area contributed by atoms with E-state index in [9.17, 15) is 4.79 Å². The maximum absolute atomic E-state index is 12.3. The maximum atomic E-state index is 12.3. The quantitative estimate of drug-likeness (QED) is 0.903. The molecule has 0 bridgehead atoms. The van der Waals surface area contributed by atoms with Crippen LogP contribution in [-0.4, -0.2) is 19.1 Å². The molecular weight excluding hydrogens is 318 g/mol. The highest BCUT2D eigenvalue weighted by Gasteiger charge is 2.22. The predicted molar refractivity (Wildman–Crippen MR) is 83.8 cm³/mol. The number of anilines is 1. The smallest absolute Gasteiger partial charge is 0.227 e. The predicted octanol–water partition coefficient (Wildman–Crippen LogP) is 3.97. The molecule has 1 aliphatic heterocycles. The van der Waals surface area contributed by atoms with E-state index in [-0.39, 0.29) is 11.8 Å². The van der Waals surface area contributed by atoms with Crippen LogP contribution in [0.5, 0.6) is 0 Å². The van der Waals surface area contributed by atoms with Crippen LogP contribution >= 0.6 is 15.9 Å². The molecule has 1 fully saturated rings. The summed E-state index contributed by atoms with van der Waals surface area (Å²) in [6.45, 7) is 1.36. The second kappa shape index (κ2) is 5.94. The fraction of sp³-hybridized carbons (Fsp3) is 0.312. The van der Waals surface area contributed by atoms with Crippen LogP contribution in [0, 0.1) is 5.92 Å². The van der Waals surface area contributed by atoms with Gasteiger partial charge in [0, 0.05) is 34.7 Å².